The van der Waals surface area contributed by atoms with Gasteiger partial charge in [0.25, 0.3) is 0 Å². The average molecular weight is 243 g/mol. The highest BCUT2D eigenvalue weighted by Crippen LogP contribution is 2.21. The van der Waals surface area contributed by atoms with Crippen molar-refractivity contribution >= 4 is 5.95 Å². The maximum Gasteiger partial charge on any atom is 0.222 e. The Balaban J connectivity index is 2.20. The van der Waals surface area contributed by atoms with Crippen molar-refractivity contribution in [3.63, 3.8) is 0 Å². The number of anilines is 1. The first-order valence-corrected chi connectivity index (χ1v) is 5.95. The number of rotatable bonds is 4. The number of benzene rings is 1. The van der Waals surface area contributed by atoms with Crippen molar-refractivity contribution in [2.24, 2.45) is 0 Å². The lowest BCUT2D eigenvalue weighted by Crippen LogP contribution is -2.08. The van der Waals surface area contributed by atoms with Crippen LogP contribution in [0.5, 0.6) is 0 Å². The fourth-order valence-corrected chi connectivity index (χ4v) is 1.66. The van der Waals surface area contributed by atoms with E-state index in [1.54, 1.807) is 12.4 Å². The fraction of sp³-hybridized carbons (Fsp3) is 0.286. The van der Waals surface area contributed by atoms with Gasteiger partial charge in [0.05, 0.1) is 6.61 Å². The standard InChI is InChI=1S/C14H17N3O/c1-10-3-4-12(7-11(10)2)13-8-16-14(17-9-13)15-5-6-18/h3-4,7-9,18H,5-6H2,1-2H3,(H,15,16,17). The number of aromatic nitrogens is 2. The molecule has 0 spiro atoms. The van der Waals surface area contributed by atoms with Gasteiger partial charge in [0.1, 0.15) is 0 Å². The molecule has 4 heteroatoms. The molecule has 0 fully saturated rings. The van der Waals surface area contributed by atoms with Gasteiger partial charge in [-0.05, 0) is 30.5 Å². The van der Waals surface area contributed by atoms with E-state index in [9.17, 15) is 0 Å². The molecule has 0 saturated carbocycles. The predicted octanol–water partition coefficient (Wildman–Crippen LogP) is 2.16. The molecule has 2 rings (SSSR count). The van der Waals surface area contributed by atoms with E-state index < -0.39 is 0 Å². The highest BCUT2D eigenvalue weighted by Gasteiger charge is 2.01. The molecule has 0 unspecified atom stereocenters. The second-order valence-corrected chi connectivity index (χ2v) is 4.24. The molecular formula is C14H17N3O. The number of hydrogen-bond acceptors (Lipinski definition) is 4. The highest BCUT2D eigenvalue weighted by molar-refractivity contribution is 5.63. The molecule has 0 aliphatic rings. The van der Waals surface area contributed by atoms with Crippen LogP contribution in [-0.2, 0) is 0 Å². The first-order valence-electron chi connectivity index (χ1n) is 5.95. The maximum absolute atomic E-state index is 8.70. The molecule has 0 saturated heterocycles. The van der Waals surface area contributed by atoms with Gasteiger partial charge in [-0.15, -0.1) is 0 Å². The van der Waals surface area contributed by atoms with Gasteiger partial charge in [-0.1, -0.05) is 18.2 Å². The molecule has 2 N–H and O–H groups in total. The fourth-order valence-electron chi connectivity index (χ4n) is 1.66. The second-order valence-electron chi connectivity index (χ2n) is 4.24. The monoisotopic (exact) mass is 243 g/mol. The third-order valence-electron chi connectivity index (χ3n) is 2.89. The van der Waals surface area contributed by atoms with Crippen molar-refractivity contribution in [2.45, 2.75) is 13.8 Å². The van der Waals surface area contributed by atoms with Gasteiger partial charge in [-0.3, -0.25) is 0 Å². The lowest BCUT2D eigenvalue weighted by atomic mass is 10.0. The molecule has 0 amide bonds. The van der Waals surface area contributed by atoms with E-state index in [0.29, 0.717) is 12.5 Å². The average Bonchev–Trinajstić information content (AvgIpc) is 2.40. The summed E-state index contributed by atoms with van der Waals surface area (Å²) in [5.41, 5.74) is 4.65. The normalized spacial score (nSPS) is 10.4. The Bertz CT molecular complexity index is 523. The van der Waals surface area contributed by atoms with Crippen LogP contribution in [0.25, 0.3) is 11.1 Å². The molecule has 94 valence electrons. The van der Waals surface area contributed by atoms with Crippen LogP contribution in [0.3, 0.4) is 0 Å². The molecule has 0 atom stereocenters. The Morgan fingerprint density at radius 3 is 2.39 bits per heavy atom. The third kappa shape index (κ3) is 2.84. The van der Waals surface area contributed by atoms with Crippen LogP contribution in [0.15, 0.2) is 30.6 Å². The van der Waals surface area contributed by atoms with E-state index in [1.807, 2.05) is 0 Å². The van der Waals surface area contributed by atoms with Crippen molar-refractivity contribution in [2.75, 3.05) is 18.5 Å². The van der Waals surface area contributed by atoms with E-state index >= 15 is 0 Å². The summed E-state index contributed by atoms with van der Waals surface area (Å²) in [5, 5.41) is 11.6. The molecule has 0 radical (unpaired) electrons. The van der Waals surface area contributed by atoms with Crippen molar-refractivity contribution in [3.8, 4) is 11.1 Å². The van der Waals surface area contributed by atoms with Gasteiger partial charge in [0.2, 0.25) is 5.95 Å². The van der Waals surface area contributed by atoms with Crippen molar-refractivity contribution in [1.82, 2.24) is 9.97 Å². The zero-order valence-electron chi connectivity index (χ0n) is 10.6. The molecular weight excluding hydrogens is 226 g/mol. The zero-order valence-corrected chi connectivity index (χ0v) is 10.6. The molecule has 1 aromatic carbocycles. The Morgan fingerprint density at radius 1 is 1.06 bits per heavy atom. The van der Waals surface area contributed by atoms with Gasteiger partial charge in [0.15, 0.2) is 0 Å². The minimum absolute atomic E-state index is 0.0717. The quantitative estimate of drug-likeness (QED) is 0.864. The molecule has 0 aliphatic heterocycles. The summed E-state index contributed by atoms with van der Waals surface area (Å²) in [5.74, 6) is 0.539. The molecule has 2 aromatic rings. The molecule has 4 nitrogen and oxygen atoms in total. The summed E-state index contributed by atoms with van der Waals surface area (Å²) in [7, 11) is 0. The molecule has 1 heterocycles. The number of aliphatic hydroxyl groups excluding tert-OH is 1. The van der Waals surface area contributed by atoms with Crippen LogP contribution in [0.4, 0.5) is 5.95 Å². The highest BCUT2D eigenvalue weighted by atomic mass is 16.3. The number of aliphatic hydroxyl groups is 1. The third-order valence-corrected chi connectivity index (χ3v) is 2.89. The lowest BCUT2D eigenvalue weighted by Gasteiger charge is -2.06. The Morgan fingerprint density at radius 2 is 1.78 bits per heavy atom. The van der Waals surface area contributed by atoms with E-state index in [1.165, 1.54) is 11.1 Å². The van der Waals surface area contributed by atoms with E-state index in [-0.39, 0.29) is 6.61 Å². The minimum atomic E-state index is 0.0717. The van der Waals surface area contributed by atoms with Gasteiger partial charge in [-0.2, -0.15) is 0 Å². The molecule has 1 aromatic heterocycles. The minimum Gasteiger partial charge on any atom is -0.395 e. The summed E-state index contributed by atoms with van der Waals surface area (Å²) < 4.78 is 0. The zero-order chi connectivity index (χ0) is 13.0. The van der Waals surface area contributed by atoms with Crippen LogP contribution in [0.2, 0.25) is 0 Å². The maximum atomic E-state index is 8.70. The molecule has 18 heavy (non-hydrogen) atoms. The van der Waals surface area contributed by atoms with Crippen molar-refractivity contribution in [1.29, 1.82) is 0 Å². The molecule has 0 bridgehead atoms. The Kier molecular flexibility index (Phi) is 3.89. The van der Waals surface area contributed by atoms with E-state index in [0.717, 1.165) is 11.1 Å². The van der Waals surface area contributed by atoms with Gasteiger partial charge >= 0.3 is 0 Å². The topological polar surface area (TPSA) is 58.0 Å². The smallest absolute Gasteiger partial charge is 0.222 e. The van der Waals surface area contributed by atoms with Gasteiger partial charge < -0.3 is 10.4 Å². The van der Waals surface area contributed by atoms with Crippen molar-refractivity contribution < 1.29 is 5.11 Å². The number of nitrogens with one attached hydrogen (secondary N) is 1. The number of aryl methyl sites for hydroxylation is 2. The summed E-state index contributed by atoms with van der Waals surface area (Å²) in [6, 6.07) is 6.30. The summed E-state index contributed by atoms with van der Waals surface area (Å²) in [4.78, 5) is 8.42. The lowest BCUT2D eigenvalue weighted by molar-refractivity contribution is 0.311. The number of nitrogens with zero attached hydrogens (tertiary/aromatic N) is 2. The van der Waals surface area contributed by atoms with Crippen LogP contribution in [0, 0.1) is 13.8 Å². The Hall–Kier alpha value is -1.94. The van der Waals surface area contributed by atoms with E-state index in [4.69, 9.17) is 5.11 Å². The predicted molar refractivity (Wildman–Crippen MR) is 72.5 cm³/mol. The first-order chi connectivity index (χ1) is 8.70. The van der Waals surface area contributed by atoms with Gasteiger partial charge in [0, 0.05) is 24.5 Å². The Labute approximate surface area is 107 Å². The second kappa shape index (κ2) is 5.60. The first kappa shape index (κ1) is 12.5. The van der Waals surface area contributed by atoms with Crippen LogP contribution >= 0.6 is 0 Å². The van der Waals surface area contributed by atoms with Crippen LogP contribution < -0.4 is 5.32 Å². The summed E-state index contributed by atoms with van der Waals surface area (Å²) in [6.07, 6.45) is 3.58. The van der Waals surface area contributed by atoms with Gasteiger partial charge in [-0.25, -0.2) is 9.97 Å². The SMILES string of the molecule is Cc1ccc(-c2cnc(NCCO)nc2)cc1C. The molecule has 0 aliphatic carbocycles. The largest absolute Gasteiger partial charge is 0.395 e. The van der Waals surface area contributed by atoms with Crippen LogP contribution in [-0.4, -0.2) is 28.2 Å². The summed E-state index contributed by atoms with van der Waals surface area (Å²) >= 11 is 0. The van der Waals surface area contributed by atoms with E-state index in [2.05, 4.69) is 47.3 Å². The summed E-state index contributed by atoms with van der Waals surface area (Å²) in [6.45, 7) is 4.72. The van der Waals surface area contributed by atoms with Crippen LogP contribution in [0.1, 0.15) is 11.1 Å². The van der Waals surface area contributed by atoms with Crippen molar-refractivity contribution in [3.05, 3.63) is 41.7 Å². The number of hydrogen-bond donors (Lipinski definition) is 2.